The third-order valence-electron chi connectivity index (χ3n) is 4.97. The van der Waals surface area contributed by atoms with Crippen molar-refractivity contribution in [3.8, 4) is 11.4 Å². The van der Waals surface area contributed by atoms with Crippen molar-refractivity contribution in [1.82, 2.24) is 9.13 Å². The average molecular weight is 465 g/mol. The third kappa shape index (κ3) is 4.06. The highest BCUT2D eigenvalue weighted by molar-refractivity contribution is 6.32. The predicted octanol–water partition coefficient (Wildman–Crippen LogP) is 3.21. The van der Waals surface area contributed by atoms with Gasteiger partial charge in [-0.05, 0) is 32.3 Å². The van der Waals surface area contributed by atoms with E-state index in [4.69, 9.17) is 21.1 Å². The average Bonchev–Trinajstić information content (AvgIpc) is 2.63. The molecular formula is C19H17ClF4N2O5. The number of hydrogen-bond acceptors (Lipinski definition) is 5. The fourth-order valence-corrected chi connectivity index (χ4v) is 3.40. The Labute approximate surface area is 177 Å². The van der Waals surface area contributed by atoms with Crippen molar-refractivity contribution in [2.45, 2.75) is 38.0 Å². The summed E-state index contributed by atoms with van der Waals surface area (Å²) in [7, 11) is 0.802. The minimum Gasteiger partial charge on any atom is -0.474 e. The van der Waals surface area contributed by atoms with Crippen LogP contribution in [-0.2, 0) is 22.8 Å². The largest absolute Gasteiger partial charge is 0.474 e. The zero-order chi connectivity index (χ0) is 23.1. The minimum absolute atomic E-state index is 0.101. The quantitative estimate of drug-likeness (QED) is 0.501. The van der Waals surface area contributed by atoms with Crippen molar-refractivity contribution in [2.75, 3.05) is 6.61 Å². The normalized spacial score (nSPS) is 15.3. The van der Waals surface area contributed by atoms with E-state index in [-0.39, 0.29) is 32.6 Å². The number of carbonyl (C=O) groups is 1. The topological polar surface area (TPSA) is 79.5 Å². The van der Waals surface area contributed by atoms with Crippen LogP contribution in [0.5, 0.6) is 5.75 Å². The number of nitrogens with zero attached hydrogens (tertiary/aromatic N) is 2. The number of esters is 1. The van der Waals surface area contributed by atoms with Gasteiger partial charge in [0.15, 0.2) is 0 Å². The van der Waals surface area contributed by atoms with Crippen molar-refractivity contribution < 1.29 is 31.8 Å². The number of ether oxygens (including phenoxy) is 2. The Morgan fingerprint density at radius 3 is 2.39 bits per heavy atom. The summed E-state index contributed by atoms with van der Waals surface area (Å²) in [5, 5.41) is -0.256. The van der Waals surface area contributed by atoms with E-state index in [0.29, 0.717) is 19.3 Å². The van der Waals surface area contributed by atoms with Crippen LogP contribution in [0.1, 0.15) is 31.9 Å². The fourth-order valence-electron chi connectivity index (χ4n) is 3.21. The summed E-state index contributed by atoms with van der Waals surface area (Å²) in [5.74, 6) is -2.01. The first kappa shape index (κ1) is 22.9. The third-order valence-corrected chi connectivity index (χ3v) is 5.26. The molecule has 1 fully saturated rings. The molecule has 3 rings (SSSR count). The van der Waals surface area contributed by atoms with Crippen LogP contribution in [0.25, 0.3) is 5.69 Å². The van der Waals surface area contributed by atoms with Gasteiger partial charge in [0.2, 0.25) is 5.60 Å². The van der Waals surface area contributed by atoms with E-state index >= 15 is 0 Å². The highest BCUT2D eigenvalue weighted by Gasteiger charge is 2.48. The minimum atomic E-state index is -4.96. The van der Waals surface area contributed by atoms with Gasteiger partial charge in [0.25, 0.3) is 5.56 Å². The van der Waals surface area contributed by atoms with Crippen LogP contribution in [0, 0.1) is 5.82 Å². The molecule has 31 heavy (non-hydrogen) atoms. The van der Waals surface area contributed by atoms with Gasteiger partial charge in [0.1, 0.15) is 17.3 Å². The van der Waals surface area contributed by atoms with Crippen LogP contribution in [0.3, 0.4) is 0 Å². The van der Waals surface area contributed by atoms with Gasteiger partial charge in [-0.25, -0.2) is 18.5 Å². The van der Waals surface area contributed by atoms with Crippen LogP contribution in [0.15, 0.2) is 27.8 Å². The molecular weight excluding hydrogens is 448 g/mol. The Morgan fingerprint density at radius 1 is 1.23 bits per heavy atom. The van der Waals surface area contributed by atoms with E-state index in [0.717, 1.165) is 19.2 Å². The number of aromatic nitrogens is 2. The molecule has 0 bridgehead atoms. The predicted molar refractivity (Wildman–Crippen MR) is 101 cm³/mol. The zero-order valence-electron chi connectivity index (χ0n) is 16.4. The van der Waals surface area contributed by atoms with Crippen molar-refractivity contribution in [3.05, 3.63) is 55.6 Å². The molecule has 1 heterocycles. The lowest BCUT2D eigenvalue weighted by atomic mass is 9.80. The molecule has 0 amide bonds. The van der Waals surface area contributed by atoms with Gasteiger partial charge >= 0.3 is 17.8 Å². The zero-order valence-corrected chi connectivity index (χ0v) is 17.1. The van der Waals surface area contributed by atoms with Crippen molar-refractivity contribution in [2.24, 2.45) is 7.05 Å². The second kappa shape index (κ2) is 8.03. The van der Waals surface area contributed by atoms with E-state index in [1.807, 2.05) is 0 Å². The lowest BCUT2D eigenvalue weighted by molar-refractivity contribution is -0.169. The van der Waals surface area contributed by atoms with Gasteiger partial charge in [0, 0.05) is 19.2 Å². The van der Waals surface area contributed by atoms with Gasteiger partial charge in [0.05, 0.1) is 17.3 Å². The Kier molecular flexibility index (Phi) is 5.92. The maximum Gasteiger partial charge on any atom is 0.431 e. The van der Waals surface area contributed by atoms with E-state index < -0.39 is 46.2 Å². The molecule has 1 aromatic carbocycles. The monoisotopic (exact) mass is 464 g/mol. The van der Waals surface area contributed by atoms with E-state index in [1.165, 1.54) is 0 Å². The highest BCUT2D eigenvalue weighted by Crippen LogP contribution is 2.41. The van der Waals surface area contributed by atoms with Gasteiger partial charge < -0.3 is 9.47 Å². The summed E-state index contributed by atoms with van der Waals surface area (Å²) in [6, 6.07) is 1.82. The summed E-state index contributed by atoms with van der Waals surface area (Å²) in [6.07, 6.45) is -3.70. The first-order chi connectivity index (χ1) is 14.4. The van der Waals surface area contributed by atoms with E-state index in [9.17, 15) is 31.9 Å². The van der Waals surface area contributed by atoms with E-state index in [1.54, 1.807) is 6.92 Å². The second-order valence-corrected chi connectivity index (χ2v) is 7.35. The Hall–Kier alpha value is -2.82. The highest BCUT2D eigenvalue weighted by atomic mass is 35.5. The number of alkyl halides is 3. The van der Waals surface area contributed by atoms with Crippen LogP contribution in [0.4, 0.5) is 17.6 Å². The summed E-state index contributed by atoms with van der Waals surface area (Å²) >= 11 is 6.02. The molecule has 1 aliphatic rings. The lowest BCUT2D eigenvalue weighted by Crippen LogP contribution is -2.51. The molecule has 0 atom stereocenters. The van der Waals surface area contributed by atoms with Gasteiger partial charge in [-0.2, -0.15) is 13.2 Å². The maximum absolute atomic E-state index is 14.6. The van der Waals surface area contributed by atoms with Crippen LogP contribution >= 0.6 is 11.6 Å². The van der Waals surface area contributed by atoms with Crippen molar-refractivity contribution >= 4 is 17.6 Å². The smallest absolute Gasteiger partial charge is 0.431 e. The molecule has 0 N–H and O–H groups in total. The molecule has 0 saturated heterocycles. The van der Waals surface area contributed by atoms with Crippen LogP contribution in [0.2, 0.25) is 5.02 Å². The molecule has 0 radical (unpaired) electrons. The number of hydrogen-bond donors (Lipinski definition) is 0. The molecule has 2 aromatic rings. The van der Waals surface area contributed by atoms with Gasteiger partial charge in [-0.1, -0.05) is 11.6 Å². The fraction of sp³-hybridized carbons (Fsp3) is 0.421. The van der Waals surface area contributed by atoms with Crippen LogP contribution < -0.4 is 16.0 Å². The first-order valence-corrected chi connectivity index (χ1v) is 9.55. The number of halogens is 5. The van der Waals surface area contributed by atoms with E-state index in [2.05, 4.69) is 0 Å². The second-order valence-electron chi connectivity index (χ2n) is 6.95. The lowest BCUT2D eigenvalue weighted by Gasteiger charge is -2.39. The summed E-state index contributed by atoms with van der Waals surface area (Å²) in [4.78, 5) is 37.0. The molecule has 1 aliphatic carbocycles. The Morgan fingerprint density at radius 2 is 1.87 bits per heavy atom. The van der Waals surface area contributed by atoms with Gasteiger partial charge in [-0.15, -0.1) is 0 Å². The SMILES string of the molecule is CCOC(=O)C1(Oc2cc(-n3c(=O)cc(C(F)(F)F)n(C)c3=O)c(F)cc2Cl)CCC1. The summed E-state index contributed by atoms with van der Waals surface area (Å²) < 4.78 is 64.8. The first-order valence-electron chi connectivity index (χ1n) is 9.17. The molecule has 7 nitrogen and oxygen atoms in total. The molecule has 0 aliphatic heterocycles. The molecule has 1 saturated carbocycles. The molecule has 0 unspecified atom stereocenters. The standard InChI is InChI=1S/C19H17ClF4N2O5/c1-3-30-16(28)18(5-4-6-18)31-13-8-12(11(21)7-10(13)20)26-15(27)9-14(19(22,23)24)25(2)17(26)29/h7-9H,3-6H2,1-2H3. The molecule has 0 spiro atoms. The van der Waals surface area contributed by atoms with Crippen LogP contribution in [-0.4, -0.2) is 27.3 Å². The number of rotatable bonds is 5. The Bertz CT molecular complexity index is 1150. The number of benzene rings is 1. The van der Waals surface area contributed by atoms with Gasteiger partial charge in [-0.3, -0.25) is 9.36 Å². The summed E-state index contributed by atoms with van der Waals surface area (Å²) in [6.45, 7) is 1.71. The number of carbonyl (C=O) groups excluding carboxylic acids is 1. The van der Waals surface area contributed by atoms with Crippen molar-refractivity contribution in [1.29, 1.82) is 0 Å². The summed E-state index contributed by atoms with van der Waals surface area (Å²) in [5.41, 5.74) is -6.33. The Balaban J connectivity index is 2.13. The van der Waals surface area contributed by atoms with Crippen molar-refractivity contribution in [3.63, 3.8) is 0 Å². The molecule has 1 aromatic heterocycles. The maximum atomic E-state index is 14.6. The molecule has 12 heteroatoms. The molecule has 168 valence electrons.